The number of hydrogen-bond donors (Lipinski definition) is 5. The van der Waals surface area contributed by atoms with Gasteiger partial charge >= 0.3 is 0 Å². The molecule has 2 aromatic carbocycles. The van der Waals surface area contributed by atoms with Crippen LogP contribution in [0.5, 0.6) is 5.75 Å². The van der Waals surface area contributed by atoms with Crippen LogP contribution in [0.2, 0.25) is 0 Å². The number of benzene rings is 2. The van der Waals surface area contributed by atoms with Gasteiger partial charge in [0.2, 0.25) is 23.7 Å². The standard InChI is InChI=1S/C23H26N8O4/c24-20(33)13-4-5-17-15(10-13)28-22(26)30(17)6-1-2-7-31-19-16(29-23(31)27)11-14(21(25)34)12-18(19)35-9-3-8-32/h1-2,4-5,10-12,32H,3,6-9H2,(H2,24,33)(H2,25,34)(H2,26,28)(H2,27,29). The number of carbonyl (C=O) groups excluding carboxylic acids is 2. The fourth-order valence-corrected chi connectivity index (χ4v) is 3.79. The van der Waals surface area contributed by atoms with Crippen molar-refractivity contribution in [3.05, 3.63) is 53.6 Å². The van der Waals surface area contributed by atoms with E-state index in [2.05, 4.69) is 9.97 Å². The van der Waals surface area contributed by atoms with E-state index in [1.807, 2.05) is 12.2 Å². The number of anilines is 2. The zero-order valence-electron chi connectivity index (χ0n) is 18.8. The number of nitrogens with two attached hydrogens (primary N) is 4. The molecule has 9 N–H and O–H groups in total. The summed E-state index contributed by atoms with van der Waals surface area (Å²) in [5.41, 5.74) is 26.0. The van der Waals surface area contributed by atoms with E-state index >= 15 is 0 Å². The SMILES string of the molecule is NC(=O)c1ccc2c(c1)nc(N)n2CC=CCn1c(N)nc2cc(C(N)=O)cc(OCCCO)c21. The van der Waals surface area contributed by atoms with Gasteiger partial charge in [-0.15, -0.1) is 0 Å². The van der Waals surface area contributed by atoms with E-state index in [0.717, 1.165) is 5.52 Å². The number of nitrogen functional groups attached to an aromatic ring is 2. The molecule has 0 aliphatic carbocycles. The van der Waals surface area contributed by atoms with Crippen LogP contribution < -0.4 is 27.7 Å². The zero-order valence-corrected chi connectivity index (χ0v) is 18.8. The minimum absolute atomic E-state index is 0.0291. The van der Waals surface area contributed by atoms with E-state index in [9.17, 15) is 9.59 Å². The second kappa shape index (κ2) is 9.73. The molecule has 0 saturated carbocycles. The average molecular weight is 479 g/mol. The zero-order chi connectivity index (χ0) is 25.1. The van der Waals surface area contributed by atoms with Crippen LogP contribution in [-0.4, -0.2) is 49.2 Å². The molecule has 0 aliphatic heterocycles. The normalized spacial score (nSPS) is 11.6. The molecule has 4 aromatic rings. The van der Waals surface area contributed by atoms with Crippen LogP contribution in [0, 0.1) is 0 Å². The number of aliphatic hydroxyl groups excluding tert-OH is 1. The number of primary amides is 2. The van der Waals surface area contributed by atoms with Crippen LogP contribution in [0.1, 0.15) is 27.1 Å². The molecule has 182 valence electrons. The third-order valence-corrected chi connectivity index (χ3v) is 5.49. The van der Waals surface area contributed by atoms with Crippen molar-refractivity contribution in [3.63, 3.8) is 0 Å². The summed E-state index contributed by atoms with van der Waals surface area (Å²) in [7, 11) is 0. The molecule has 2 amide bonds. The lowest BCUT2D eigenvalue weighted by molar-refractivity contribution is 0.0992. The largest absolute Gasteiger partial charge is 0.491 e. The molecular formula is C23H26N8O4. The highest BCUT2D eigenvalue weighted by Gasteiger charge is 2.17. The summed E-state index contributed by atoms with van der Waals surface area (Å²) in [5, 5.41) is 9.07. The smallest absolute Gasteiger partial charge is 0.248 e. The number of amides is 2. The number of allylic oxidation sites excluding steroid dienone is 2. The van der Waals surface area contributed by atoms with E-state index < -0.39 is 11.8 Å². The minimum Gasteiger partial charge on any atom is -0.491 e. The molecule has 0 atom stereocenters. The number of hydrogen-bond acceptors (Lipinski definition) is 8. The highest BCUT2D eigenvalue weighted by atomic mass is 16.5. The third-order valence-electron chi connectivity index (χ3n) is 5.49. The van der Waals surface area contributed by atoms with E-state index in [4.69, 9.17) is 32.8 Å². The molecule has 4 rings (SSSR count). The Hall–Kier alpha value is -4.58. The Labute approximate surface area is 199 Å². The molecule has 0 spiro atoms. The molecule has 0 unspecified atom stereocenters. The first-order chi connectivity index (χ1) is 16.8. The summed E-state index contributed by atoms with van der Waals surface area (Å²) in [4.78, 5) is 31.8. The van der Waals surface area contributed by atoms with E-state index in [-0.39, 0.29) is 24.7 Å². The van der Waals surface area contributed by atoms with Gasteiger partial charge in [-0.25, -0.2) is 9.97 Å². The number of aromatic nitrogens is 4. The topological polar surface area (TPSA) is 203 Å². The van der Waals surface area contributed by atoms with Crippen molar-refractivity contribution in [2.24, 2.45) is 11.5 Å². The van der Waals surface area contributed by atoms with E-state index in [0.29, 0.717) is 53.3 Å². The van der Waals surface area contributed by atoms with Crippen LogP contribution in [0.3, 0.4) is 0 Å². The lowest BCUT2D eigenvalue weighted by Crippen LogP contribution is -2.12. The molecule has 12 nitrogen and oxygen atoms in total. The summed E-state index contributed by atoms with van der Waals surface area (Å²) in [5.74, 6) is -0.201. The maximum atomic E-state index is 11.7. The second-order valence-corrected chi connectivity index (χ2v) is 7.83. The van der Waals surface area contributed by atoms with Crippen molar-refractivity contribution >= 4 is 45.8 Å². The van der Waals surface area contributed by atoms with Gasteiger partial charge in [-0.1, -0.05) is 12.2 Å². The maximum absolute atomic E-state index is 11.7. The monoisotopic (exact) mass is 478 g/mol. The Morgan fingerprint density at radius 1 is 0.914 bits per heavy atom. The van der Waals surface area contributed by atoms with Gasteiger partial charge < -0.3 is 41.9 Å². The van der Waals surface area contributed by atoms with E-state index in [1.54, 1.807) is 39.5 Å². The van der Waals surface area contributed by atoms with Crippen molar-refractivity contribution in [3.8, 4) is 5.75 Å². The molecule has 0 radical (unpaired) electrons. The number of imidazole rings is 2. The molecule has 0 fully saturated rings. The van der Waals surface area contributed by atoms with Gasteiger partial charge in [-0.3, -0.25) is 9.59 Å². The highest BCUT2D eigenvalue weighted by molar-refractivity contribution is 5.99. The van der Waals surface area contributed by atoms with E-state index in [1.165, 1.54) is 0 Å². The van der Waals surface area contributed by atoms with Crippen molar-refractivity contribution in [2.45, 2.75) is 19.5 Å². The minimum atomic E-state index is -0.611. The van der Waals surface area contributed by atoms with Crippen LogP contribution in [0.25, 0.3) is 22.1 Å². The number of rotatable bonds is 10. The number of aliphatic hydroxyl groups is 1. The lowest BCUT2D eigenvalue weighted by Gasteiger charge is -2.11. The number of ether oxygens (including phenoxy) is 1. The summed E-state index contributed by atoms with van der Waals surface area (Å²) in [6, 6.07) is 8.09. The Kier molecular flexibility index (Phi) is 6.55. The number of fused-ring (bicyclic) bond motifs is 2. The summed E-state index contributed by atoms with van der Waals surface area (Å²) in [6.45, 7) is 1.02. The average Bonchev–Trinajstić information content (AvgIpc) is 3.31. The van der Waals surface area contributed by atoms with Gasteiger partial charge in [-0.05, 0) is 30.3 Å². The second-order valence-electron chi connectivity index (χ2n) is 7.83. The molecule has 0 bridgehead atoms. The van der Waals surface area contributed by atoms with Gasteiger partial charge in [0.25, 0.3) is 0 Å². The first-order valence-electron chi connectivity index (χ1n) is 10.8. The third kappa shape index (κ3) is 4.73. The van der Waals surface area contributed by atoms with Gasteiger partial charge in [0.1, 0.15) is 11.3 Å². The van der Waals surface area contributed by atoms with Crippen LogP contribution in [0.15, 0.2) is 42.5 Å². The van der Waals surface area contributed by atoms with Gasteiger partial charge in [0.05, 0.1) is 23.2 Å². The predicted molar refractivity (Wildman–Crippen MR) is 132 cm³/mol. The van der Waals surface area contributed by atoms with Crippen LogP contribution >= 0.6 is 0 Å². The molecular weight excluding hydrogens is 452 g/mol. The molecule has 2 heterocycles. The maximum Gasteiger partial charge on any atom is 0.248 e. The highest BCUT2D eigenvalue weighted by Crippen LogP contribution is 2.30. The summed E-state index contributed by atoms with van der Waals surface area (Å²) >= 11 is 0. The number of carbonyl (C=O) groups is 2. The first-order valence-corrected chi connectivity index (χ1v) is 10.8. The van der Waals surface area contributed by atoms with Gasteiger partial charge in [0, 0.05) is 37.2 Å². The van der Waals surface area contributed by atoms with Crippen LogP contribution in [0.4, 0.5) is 11.9 Å². The van der Waals surface area contributed by atoms with Crippen molar-refractivity contribution in [1.82, 2.24) is 19.1 Å². The number of nitrogens with zero attached hydrogens (tertiary/aromatic N) is 4. The lowest BCUT2D eigenvalue weighted by atomic mass is 10.1. The van der Waals surface area contributed by atoms with Crippen LogP contribution in [-0.2, 0) is 13.1 Å². The van der Waals surface area contributed by atoms with Crippen molar-refractivity contribution < 1.29 is 19.4 Å². The van der Waals surface area contributed by atoms with Gasteiger partial charge in [0.15, 0.2) is 0 Å². The van der Waals surface area contributed by atoms with Crippen molar-refractivity contribution in [1.29, 1.82) is 0 Å². The quantitative estimate of drug-likeness (QED) is 0.162. The molecule has 12 heteroatoms. The Morgan fingerprint density at radius 2 is 1.54 bits per heavy atom. The van der Waals surface area contributed by atoms with Gasteiger partial charge in [-0.2, -0.15) is 0 Å². The summed E-state index contributed by atoms with van der Waals surface area (Å²) < 4.78 is 9.34. The molecule has 2 aromatic heterocycles. The Morgan fingerprint density at radius 3 is 2.23 bits per heavy atom. The molecule has 35 heavy (non-hydrogen) atoms. The Balaban J connectivity index is 1.60. The molecule has 0 aliphatic rings. The van der Waals surface area contributed by atoms with Crippen molar-refractivity contribution in [2.75, 3.05) is 24.7 Å². The Bertz CT molecular complexity index is 1450. The predicted octanol–water partition coefficient (Wildman–Crippen LogP) is 0.766. The molecule has 0 saturated heterocycles. The fourth-order valence-electron chi connectivity index (χ4n) is 3.79. The first kappa shape index (κ1) is 23.6. The summed E-state index contributed by atoms with van der Waals surface area (Å²) in [6.07, 6.45) is 4.21. The fraction of sp³-hybridized carbons (Fsp3) is 0.217.